The van der Waals surface area contributed by atoms with Crippen molar-refractivity contribution in [1.29, 1.82) is 0 Å². The molecular formula is C16H29NO2. The summed E-state index contributed by atoms with van der Waals surface area (Å²) in [5, 5.41) is 11.0. The molecule has 0 amide bonds. The van der Waals surface area contributed by atoms with Crippen LogP contribution < -0.4 is 0 Å². The molecule has 110 valence electrons. The van der Waals surface area contributed by atoms with Crippen LogP contribution in [0.25, 0.3) is 0 Å². The molecule has 0 fully saturated rings. The van der Waals surface area contributed by atoms with Crippen LogP contribution in [-0.2, 0) is 0 Å². The van der Waals surface area contributed by atoms with Crippen molar-refractivity contribution in [3.05, 3.63) is 21.9 Å². The summed E-state index contributed by atoms with van der Waals surface area (Å²) in [6.45, 7) is 2.11. The van der Waals surface area contributed by atoms with Gasteiger partial charge in [-0.2, -0.15) is 0 Å². The van der Waals surface area contributed by atoms with E-state index in [1.165, 1.54) is 51.4 Å². The van der Waals surface area contributed by atoms with Crippen LogP contribution in [-0.4, -0.2) is 4.92 Å². The van der Waals surface area contributed by atoms with Crippen LogP contribution in [0.15, 0.2) is 11.8 Å². The highest BCUT2D eigenvalue weighted by atomic mass is 16.6. The molecule has 1 aliphatic rings. The van der Waals surface area contributed by atoms with Gasteiger partial charge in [0, 0.05) is 6.42 Å². The van der Waals surface area contributed by atoms with Gasteiger partial charge in [-0.15, -0.1) is 0 Å². The summed E-state index contributed by atoms with van der Waals surface area (Å²) >= 11 is 0. The van der Waals surface area contributed by atoms with Gasteiger partial charge in [-0.05, 0) is 24.8 Å². The summed E-state index contributed by atoms with van der Waals surface area (Å²) < 4.78 is 0. The maximum absolute atomic E-state index is 11.0. The van der Waals surface area contributed by atoms with Gasteiger partial charge in [0.25, 0.3) is 0 Å². The summed E-state index contributed by atoms with van der Waals surface area (Å²) in [6.07, 6.45) is 16.2. The number of allylic oxidation sites excluding steroid dienone is 2. The lowest BCUT2D eigenvalue weighted by Gasteiger charge is -2.06. The maximum Gasteiger partial charge on any atom is 0.242 e. The molecule has 1 rings (SSSR count). The first-order valence-electron chi connectivity index (χ1n) is 8.05. The van der Waals surface area contributed by atoms with Crippen LogP contribution in [0.3, 0.4) is 0 Å². The molecule has 0 aromatic heterocycles. The average Bonchev–Trinajstić information content (AvgIpc) is 2.38. The van der Waals surface area contributed by atoms with E-state index in [9.17, 15) is 10.1 Å². The van der Waals surface area contributed by atoms with E-state index in [1.807, 2.05) is 6.08 Å². The number of hydrogen-bond donors (Lipinski definition) is 0. The monoisotopic (exact) mass is 267 g/mol. The Bertz CT molecular complexity index is 286. The molecule has 0 aromatic carbocycles. The van der Waals surface area contributed by atoms with Gasteiger partial charge in [0.15, 0.2) is 0 Å². The smallest absolute Gasteiger partial charge is 0.242 e. The molecule has 0 saturated heterocycles. The number of hydrogen-bond acceptors (Lipinski definition) is 2. The van der Waals surface area contributed by atoms with Gasteiger partial charge >= 0.3 is 0 Å². The van der Waals surface area contributed by atoms with Gasteiger partial charge < -0.3 is 0 Å². The molecule has 1 unspecified atom stereocenters. The molecule has 19 heavy (non-hydrogen) atoms. The normalized spacial score (nSPS) is 27.6. The quantitative estimate of drug-likeness (QED) is 0.466. The van der Waals surface area contributed by atoms with E-state index in [4.69, 9.17) is 0 Å². The van der Waals surface area contributed by atoms with Crippen molar-refractivity contribution < 1.29 is 4.92 Å². The summed E-state index contributed by atoms with van der Waals surface area (Å²) in [6, 6.07) is 0. The summed E-state index contributed by atoms with van der Waals surface area (Å²) in [7, 11) is 0. The predicted octanol–water partition coefficient (Wildman–Crippen LogP) is 5.48. The molecule has 0 radical (unpaired) electrons. The van der Waals surface area contributed by atoms with Gasteiger partial charge in [0.05, 0.1) is 4.92 Å². The largest absolute Gasteiger partial charge is 0.259 e. The Morgan fingerprint density at radius 1 is 0.947 bits per heavy atom. The van der Waals surface area contributed by atoms with Gasteiger partial charge in [0.2, 0.25) is 5.70 Å². The van der Waals surface area contributed by atoms with E-state index >= 15 is 0 Å². The van der Waals surface area contributed by atoms with Crippen molar-refractivity contribution in [3.63, 3.8) is 0 Å². The van der Waals surface area contributed by atoms with E-state index < -0.39 is 0 Å². The van der Waals surface area contributed by atoms with E-state index in [2.05, 4.69) is 6.92 Å². The summed E-state index contributed by atoms with van der Waals surface area (Å²) in [5.41, 5.74) is 0.447. The average molecular weight is 267 g/mol. The topological polar surface area (TPSA) is 43.1 Å². The van der Waals surface area contributed by atoms with Gasteiger partial charge in [0.1, 0.15) is 0 Å². The minimum absolute atomic E-state index is 0.172. The van der Waals surface area contributed by atoms with Crippen LogP contribution in [0.2, 0.25) is 0 Å². The number of nitro groups is 1. The zero-order valence-electron chi connectivity index (χ0n) is 12.4. The second kappa shape index (κ2) is 9.99. The standard InChI is InChI=1S/C16H29NO2/c1-15-12-10-8-6-4-2-3-5-7-9-11-13-16(14-15)17(18)19/h14-15H,2-13H2,1H3/b16-14+. The summed E-state index contributed by atoms with van der Waals surface area (Å²) in [4.78, 5) is 10.9. The Morgan fingerprint density at radius 2 is 1.42 bits per heavy atom. The fraction of sp³-hybridized carbons (Fsp3) is 0.875. The first kappa shape index (κ1) is 16.2. The molecule has 3 nitrogen and oxygen atoms in total. The molecular weight excluding hydrogens is 238 g/mol. The molecule has 0 aromatic rings. The zero-order valence-corrected chi connectivity index (χ0v) is 12.4. The van der Waals surface area contributed by atoms with Crippen molar-refractivity contribution in [3.8, 4) is 0 Å². The van der Waals surface area contributed by atoms with E-state index in [0.717, 1.165) is 19.3 Å². The Kier molecular flexibility index (Phi) is 8.52. The molecule has 0 bridgehead atoms. The minimum Gasteiger partial charge on any atom is -0.259 e. The third-order valence-corrected chi connectivity index (χ3v) is 4.05. The Hall–Kier alpha value is -0.860. The fourth-order valence-electron chi connectivity index (χ4n) is 2.83. The maximum atomic E-state index is 11.0. The van der Waals surface area contributed by atoms with Crippen molar-refractivity contribution in [2.24, 2.45) is 5.92 Å². The van der Waals surface area contributed by atoms with Crippen LogP contribution in [0, 0.1) is 16.0 Å². The molecule has 1 aliphatic carbocycles. The van der Waals surface area contributed by atoms with Crippen LogP contribution >= 0.6 is 0 Å². The lowest BCUT2D eigenvalue weighted by molar-refractivity contribution is -0.428. The second-order valence-corrected chi connectivity index (χ2v) is 5.97. The molecule has 1 atom stereocenters. The highest BCUT2D eigenvalue weighted by Crippen LogP contribution is 2.19. The molecule has 0 N–H and O–H groups in total. The third kappa shape index (κ3) is 8.02. The highest BCUT2D eigenvalue weighted by molar-refractivity contribution is 4.94. The third-order valence-electron chi connectivity index (χ3n) is 4.05. The second-order valence-electron chi connectivity index (χ2n) is 5.97. The van der Waals surface area contributed by atoms with E-state index in [0.29, 0.717) is 18.0 Å². The van der Waals surface area contributed by atoms with Crippen LogP contribution in [0.4, 0.5) is 0 Å². The van der Waals surface area contributed by atoms with Gasteiger partial charge in [-0.3, -0.25) is 10.1 Å². The van der Waals surface area contributed by atoms with E-state index in [1.54, 1.807) is 0 Å². The number of rotatable bonds is 1. The fourth-order valence-corrected chi connectivity index (χ4v) is 2.83. The Labute approximate surface area is 117 Å². The Balaban J connectivity index is 2.49. The van der Waals surface area contributed by atoms with E-state index in [-0.39, 0.29) is 4.92 Å². The van der Waals surface area contributed by atoms with Crippen molar-refractivity contribution >= 4 is 0 Å². The zero-order chi connectivity index (χ0) is 13.9. The highest BCUT2D eigenvalue weighted by Gasteiger charge is 2.12. The van der Waals surface area contributed by atoms with Crippen molar-refractivity contribution in [2.45, 2.75) is 84.0 Å². The van der Waals surface area contributed by atoms with Crippen molar-refractivity contribution in [1.82, 2.24) is 0 Å². The molecule has 0 saturated carbocycles. The van der Waals surface area contributed by atoms with Crippen molar-refractivity contribution in [2.75, 3.05) is 0 Å². The lowest BCUT2D eigenvalue weighted by atomic mass is 10.00. The predicted molar refractivity (Wildman–Crippen MR) is 79.6 cm³/mol. The van der Waals surface area contributed by atoms with Crippen LogP contribution in [0.5, 0.6) is 0 Å². The first-order valence-corrected chi connectivity index (χ1v) is 8.05. The molecule has 3 heteroatoms. The SMILES string of the molecule is CC1/C=C(/[N+](=O)[O-])CCCCCCCCCCCC1. The van der Waals surface area contributed by atoms with Gasteiger partial charge in [-0.1, -0.05) is 64.7 Å². The molecule has 0 aliphatic heterocycles. The minimum atomic E-state index is -0.172. The Morgan fingerprint density at radius 3 is 1.95 bits per heavy atom. The lowest BCUT2D eigenvalue weighted by Crippen LogP contribution is -2.02. The summed E-state index contributed by atoms with van der Waals surface area (Å²) in [5.74, 6) is 0.352. The van der Waals surface area contributed by atoms with Crippen LogP contribution in [0.1, 0.15) is 84.0 Å². The van der Waals surface area contributed by atoms with Gasteiger partial charge in [-0.25, -0.2) is 0 Å². The first-order chi connectivity index (χ1) is 9.20. The number of nitrogens with zero attached hydrogens (tertiary/aromatic N) is 1. The molecule has 0 heterocycles. The molecule has 0 spiro atoms.